The summed E-state index contributed by atoms with van der Waals surface area (Å²) in [7, 11) is 1.59. The van der Waals surface area contributed by atoms with Gasteiger partial charge in [-0.2, -0.15) is 0 Å². The molecule has 35 heavy (non-hydrogen) atoms. The van der Waals surface area contributed by atoms with Gasteiger partial charge in [-0.3, -0.25) is 9.78 Å². The molecule has 0 radical (unpaired) electrons. The van der Waals surface area contributed by atoms with Crippen molar-refractivity contribution in [2.45, 2.75) is 19.6 Å². The standard InChI is InChI=1S/C29H27N3O3/c1-34-27-11-8-25(18-28(27)35-20-21-12-15-30-16-13-21)31-29(33)23-6-9-26(10-7-23)32-17-14-22-4-2-3-5-24(22)19-32/h2-13,15-16,18H,14,17,19-20H2,1H3,(H,31,33). The summed E-state index contributed by atoms with van der Waals surface area (Å²) in [5.41, 5.74) is 6.13. The summed E-state index contributed by atoms with van der Waals surface area (Å²) in [6.45, 7) is 2.23. The minimum atomic E-state index is -0.175. The molecule has 0 unspecified atom stereocenters. The molecule has 1 aromatic heterocycles. The van der Waals surface area contributed by atoms with Crippen molar-refractivity contribution in [3.8, 4) is 11.5 Å². The monoisotopic (exact) mass is 465 g/mol. The third kappa shape index (κ3) is 5.27. The molecule has 0 saturated heterocycles. The van der Waals surface area contributed by atoms with Gasteiger partial charge in [0.15, 0.2) is 11.5 Å². The van der Waals surface area contributed by atoms with Crippen molar-refractivity contribution in [3.05, 3.63) is 114 Å². The third-order valence-corrected chi connectivity index (χ3v) is 6.19. The van der Waals surface area contributed by atoms with Gasteiger partial charge in [0.2, 0.25) is 0 Å². The lowest BCUT2D eigenvalue weighted by atomic mass is 9.99. The van der Waals surface area contributed by atoms with Crippen molar-refractivity contribution in [1.82, 2.24) is 4.98 Å². The van der Waals surface area contributed by atoms with Gasteiger partial charge in [0.1, 0.15) is 6.61 Å². The molecule has 4 aromatic rings. The summed E-state index contributed by atoms with van der Waals surface area (Å²) in [5, 5.41) is 2.96. The van der Waals surface area contributed by atoms with Gasteiger partial charge in [-0.05, 0) is 71.6 Å². The van der Waals surface area contributed by atoms with Crippen LogP contribution in [-0.2, 0) is 19.6 Å². The first kappa shape index (κ1) is 22.5. The zero-order valence-electron chi connectivity index (χ0n) is 19.6. The van der Waals surface area contributed by atoms with E-state index in [9.17, 15) is 4.79 Å². The van der Waals surface area contributed by atoms with Crippen molar-refractivity contribution in [3.63, 3.8) is 0 Å². The average molecular weight is 466 g/mol. The van der Waals surface area contributed by atoms with Crippen LogP contribution in [0.2, 0.25) is 0 Å². The highest BCUT2D eigenvalue weighted by atomic mass is 16.5. The summed E-state index contributed by atoms with van der Waals surface area (Å²) in [6.07, 6.45) is 4.48. The molecule has 0 aliphatic carbocycles. The smallest absolute Gasteiger partial charge is 0.255 e. The fourth-order valence-corrected chi connectivity index (χ4v) is 4.25. The van der Waals surface area contributed by atoms with Crippen molar-refractivity contribution in [1.29, 1.82) is 0 Å². The second-order valence-corrected chi connectivity index (χ2v) is 8.45. The minimum absolute atomic E-state index is 0.175. The van der Waals surface area contributed by atoms with Crippen LogP contribution < -0.4 is 19.7 Å². The molecule has 3 aromatic carbocycles. The van der Waals surface area contributed by atoms with E-state index in [1.807, 2.05) is 36.4 Å². The number of methoxy groups -OCH3 is 1. The molecule has 2 heterocycles. The first-order valence-electron chi connectivity index (χ1n) is 11.6. The van der Waals surface area contributed by atoms with Crippen molar-refractivity contribution in [2.24, 2.45) is 0 Å². The third-order valence-electron chi connectivity index (χ3n) is 6.19. The molecule has 6 heteroatoms. The molecule has 0 saturated carbocycles. The molecule has 6 nitrogen and oxygen atoms in total. The van der Waals surface area contributed by atoms with Gasteiger partial charge in [0.05, 0.1) is 7.11 Å². The molecule has 1 amide bonds. The minimum Gasteiger partial charge on any atom is -0.493 e. The number of nitrogens with one attached hydrogen (secondary N) is 1. The number of anilines is 2. The number of ether oxygens (including phenoxy) is 2. The van der Waals surface area contributed by atoms with E-state index in [1.54, 1.807) is 37.7 Å². The fourth-order valence-electron chi connectivity index (χ4n) is 4.25. The van der Waals surface area contributed by atoms with Crippen LogP contribution in [-0.4, -0.2) is 24.5 Å². The van der Waals surface area contributed by atoms with Crippen LogP contribution in [0.3, 0.4) is 0 Å². The normalized spacial score (nSPS) is 12.5. The van der Waals surface area contributed by atoms with Gasteiger partial charge in [-0.15, -0.1) is 0 Å². The van der Waals surface area contributed by atoms with Crippen LogP contribution in [0.25, 0.3) is 0 Å². The van der Waals surface area contributed by atoms with Crippen LogP contribution in [0.1, 0.15) is 27.0 Å². The molecule has 0 atom stereocenters. The number of rotatable bonds is 7. The van der Waals surface area contributed by atoms with Gasteiger partial charge in [-0.25, -0.2) is 0 Å². The molecule has 176 valence electrons. The molecule has 5 rings (SSSR count). The Balaban J connectivity index is 1.25. The Bertz CT molecular complexity index is 1310. The molecule has 0 bridgehead atoms. The van der Waals surface area contributed by atoms with Crippen LogP contribution in [0, 0.1) is 0 Å². The van der Waals surface area contributed by atoms with E-state index in [0.717, 1.165) is 30.8 Å². The number of benzene rings is 3. The van der Waals surface area contributed by atoms with Gasteiger partial charge >= 0.3 is 0 Å². The van der Waals surface area contributed by atoms with E-state index in [0.29, 0.717) is 29.4 Å². The van der Waals surface area contributed by atoms with Crippen LogP contribution >= 0.6 is 0 Å². The Kier molecular flexibility index (Phi) is 6.61. The number of carbonyl (C=O) groups excluding carboxylic acids is 1. The quantitative estimate of drug-likeness (QED) is 0.391. The Morgan fingerprint density at radius 3 is 2.49 bits per heavy atom. The Morgan fingerprint density at radius 2 is 1.71 bits per heavy atom. The zero-order chi connectivity index (χ0) is 24.0. The summed E-state index contributed by atoms with van der Waals surface area (Å²) in [6, 6.07) is 25.5. The molecule has 1 aliphatic heterocycles. The Hall–Kier alpha value is -4.32. The van der Waals surface area contributed by atoms with Crippen molar-refractivity contribution < 1.29 is 14.3 Å². The molecule has 0 fully saturated rings. The summed E-state index contributed by atoms with van der Waals surface area (Å²) >= 11 is 0. The number of amides is 1. The van der Waals surface area contributed by atoms with Gasteiger partial charge < -0.3 is 19.7 Å². The maximum absolute atomic E-state index is 12.9. The number of aromatic nitrogens is 1. The maximum atomic E-state index is 12.9. The maximum Gasteiger partial charge on any atom is 0.255 e. The van der Waals surface area contributed by atoms with E-state index in [1.165, 1.54) is 11.1 Å². The number of hydrogen-bond acceptors (Lipinski definition) is 5. The van der Waals surface area contributed by atoms with E-state index in [2.05, 4.69) is 39.5 Å². The van der Waals surface area contributed by atoms with Crippen molar-refractivity contribution >= 4 is 17.3 Å². The highest BCUT2D eigenvalue weighted by Crippen LogP contribution is 2.31. The lowest BCUT2D eigenvalue weighted by Crippen LogP contribution is -2.30. The second kappa shape index (κ2) is 10.3. The SMILES string of the molecule is COc1ccc(NC(=O)c2ccc(N3CCc4ccccc4C3)cc2)cc1OCc1ccncc1. The number of hydrogen-bond donors (Lipinski definition) is 1. The van der Waals surface area contributed by atoms with E-state index < -0.39 is 0 Å². The fraction of sp³-hybridized carbons (Fsp3) is 0.172. The molecular weight excluding hydrogens is 438 g/mol. The number of nitrogens with zero attached hydrogens (tertiary/aromatic N) is 2. The first-order valence-corrected chi connectivity index (χ1v) is 11.6. The lowest BCUT2D eigenvalue weighted by molar-refractivity contribution is 0.102. The van der Waals surface area contributed by atoms with Crippen LogP contribution in [0.15, 0.2) is 91.3 Å². The average Bonchev–Trinajstić information content (AvgIpc) is 2.92. The summed E-state index contributed by atoms with van der Waals surface area (Å²) in [4.78, 5) is 19.3. The summed E-state index contributed by atoms with van der Waals surface area (Å²) < 4.78 is 11.4. The first-order chi connectivity index (χ1) is 17.2. The van der Waals surface area contributed by atoms with Gasteiger partial charge in [0, 0.05) is 48.5 Å². The lowest BCUT2D eigenvalue weighted by Gasteiger charge is -2.30. The topological polar surface area (TPSA) is 63.7 Å². The molecule has 1 N–H and O–H groups in total. The van der Waals surface area contributed by atoms with Crippen LogP contribution in [0.5, 0.6) is 11.5 Å². The highest BCUT2D eigenvalue weighted by Gasteiger charge is 2.17. The number of carbonyl (C=O) groups is 1. The number of fused-ring (bicyclic) bond motifs is 1. The summed E-state index contributed by atoms with van der Waals surface area (Å²) in [5.74, 6) is 0.984. The van der Waals surface area contributed by atoms with E-state index in [-0.39, 0.29) is 5.91 Å². The Morgan fingerprint density at radius 1 is 0.943 bits per heavy atom. The van der Waals surface area contributed by atoms with E-state index in [4.69, 9.17) is 9.47 Å². The van der Waals surface area contributed by atoms with Crippen molar-refractivity contribution in [2.75, 3.05) is 23.9 Å². The zero-order valence-corrected chi connectivity index (χ0v) is 19.6. The predicted octanol–water partition coefficient (Wildman–Crippen LogP) is 5.48. The number of pyridine rings is 1. The van der Waals surface area contributed by atoms with Gasteiger partial charge in [-0.1, -0.05) is 24.3 Å². The molecule has 0 spiro atoms. The van der Waals surface area contributed by atoms with E-state index >= 15 is 0 Å². The van der Waals surface area contributed by atoms with Gasteiger partial charge in [0.25, 0.3) is 5.91 Å². The largest absolute Gasteiger partial charge is 0.493 e. The van der Waals surface area contributed by atoms with Crippen LogP contribution in [0.4, 0.5) is 11.4 Å². The highest BCUT2D eigenvalue weighted by molar-refractivity contribution is 6.04. The molecule has 1 aliphatic rings. The Labute approximate surface area is 205 Å². The second-order valence-electron chi connectivity index (χ2n) is 8.45. The molecular formula is C29H27N3O3. The predicted molar refractivity (Wildman–Crippen MR) is 137 cm³/mol.